The molecule has 0 bridgehead atoms. The molecule has 0 N–H and O–H groups in total. The van der Waals surface area contributed by atoms with Gasteiger partial charge in [0.1, 0.15) is 61.7 Å². The molecule has 0 saturated heterocycles. The van der Waals surface area contributed by atoms with E-state index in [9.17, 15) is 0 Å². The van der Waals surface area contributed by atoms with Crippen molar-refractivity contribution in [3.05, 3.63) is 103 Å². The van der Waals surface area contributed by atoms with Gasteiger partial charge in [-0.1, -0.05) is 145 Å². The average molecular weight is 2060 g/mol. The third-order valence-corrected chi connectivity index (χ3v) is 44.1. The van der Waals surface area contributed by atoms with Crippen LogP contribution in [0.2, 0.25) is 14.8 Å². The van der Waals surface area contributed by atoms with E-state index < -0.39 is 18.4 Å². The number of thiophene rings is 7. The van der Waals surface area contributed by atoms with Gasteiger partial charge >= 0.3 is 228 Å². The molecule has 15 rings (SSSR count). The van der Waals surface area contributed by atoms with Gasteiger partial charge in [-0.2, -0.15) is 26.2 Å². The van der Waals surface area contributed by atoms with Crippen molar-refractivity contribution in [2.24, 2.45) is 23.7 Å². The fraction of sp³-hybridized carbons (Fsp3) is 0.535. The molecule has 13 nitrogen and oxygen atoms in total. The van der Waals surface area contributed by atoms with Crippen LogP contribution in [0.5, 0.6) is 23.0 Å². The summed E-state index contributed by atoms with van der Waals surface area (Å²) in [6.07, 6.45) is 43.7. The quantitative estimate of drug-likeness (QED) is 0.0263. The van der Waals surface area contributed by atoms with Gasteiger partial charge in [0, 0.05) is 64.9 Å². The molecule has 4 unspecified atom stereocenters. The Balaban J connectivity index is 0.000000199. The zero-order valence-electron chi connectivity index (χ0n) is 77.2. The predicted molar refractivity (Wildman–Crippen MR) is 562 cm³/mol. The second-order valence-electron chi connectivity index (χ2n) is 35.2. The van der Waals surface area contributed by atoms with Crippen molar-refractivity contribution in [1.82, 2.24) is 41.2 Å². The summed E-state index contributed by atoms with van der Waals surface area (Å²) in [5.41, 5.74) is 10.1. The molecule has 4 atom stereocenters. The number of aromatic nitrogens is 9. The van der Waals surface area contributed by atoms with Crippen LogP contribution in [0.15, 0.2) is 83.7 Å². The SMILES string of the molecule is CCCCC(CC)COc1c2c[c]([Sn]([CH3])([CH3])[CH3])sc2c(OCC(CC)CCCC)c2cc(C)sc12.CCCCCCc1ccc(-c2ncc(-c3cc4c(OCC(CC)CCCC)c5sc(-c6cnc(-c7ccc(CCCCCC)s7)c7nsnc67)cc5c(OCC(CC)CCCC)c4s3)c3nsnc23)s1.CCCCCCc1ccc(-c2ncc(Br)c3nsnc23)s1. The second kappa shape index (κ2) is 49.0. The standard InChI is InChI=1S/C56H68N6O2S6.C27H39O2S2.C15H16BrN3S2.3CH3.Sn/c1-7-13-17-19-23-37-25-27-43(65-37)49-51-47(59-69-61-51)41(31-57-49)45-29-39-53(63-33-35(11-5)21-15-9-3)56-40(54(55(39)67-45)64-34-36(12-6)22-16-10-4)30-46(68-56)42-32-58-50(52-48(42)60-70-62-52)44-28-26-38(66-44)24-20-18-14-8-2;1-6-10-12-20(8-3)17-28-24-22-14-15-30-26(22)25(23-16-19(5)31-27(23)24)29-18-21(9-4)13-11-7-2;1-2-3-4-5-6-10-7-8-12(20-10)14-15-13(18-21-19-15)11(16)9-17-14;;;;/h25-32,35-36H,7-24,33-34H2,1-6H3;14,16,20-21H,6-13,17-18H2,1-5H3;7-9H,2-6H2,1H3;3*1H3;. The Labute approximate surface area is 802 Å². The second-order valence-corrected chi connectivity index (χ2v) is 61.0. The van der Waals surface area contributed by atoms with E-state index in [1.165, 1.54) is 240 Å². The Morgan fingerprint density at radius 1 is 0.325 bits per heavy atom. The number of nitrogens with zero attached hydrogens (tertiary/aromatic N) is 9. The van der Waals surface area contributed by atoms with Crippen molar-refractivity contribution in [2.45, 2.75) is 297 Å². The number of hydrogen-bond donors (Lipinski definition) is 0. The molecule has 0 aliphatic heterocycles. The molecule has 0 amide bonds. The van der Waals surface area contributed by atoms with Gasteiger partial charge in [-0.15, -0.1) is 56.7 Å². The first-order valence-corrected chi connectivity index (χ1v) is 66.0. The van der Waals surface area contributed by atoms with Gasteiger partial charge < -0.3 is 9.47 Å². The summed E-state index contributed by atoms with van der Waals surface area (Å²) in [5.74, 6) is 6.25. The summed E-state index contributed by atoms with van der Waals surface area (Å²) in [4.78, 5) is 33.7. The maximum atomic E-state index is 7.20. The number of fused-ring (bicyclic) bond motifs is 7. The van der Waals surface area contributed by atoms with Crippen molar-refractivity contribution in [1.29, 1.82) is 0 Å². The molecule has 126 heavy (non-hydrogen) atoms. The molecule has 0 aliphatic carbocycles. The van der Waals surface area contributed by atoms with Gasteiger partial charge in [0.25, 0.3) is 0 Å². The topological polar surface area (TPSA) is 153 Å². The number of rotatable bonds is 49. The Hall–Kier alpha value is -5.23. The molecule has 2 aromatic carbocycles. The zero-order chi connectivity index (χ0) is 88.6. The largest absolute Gasteiger partial charge is 0.491 e. The summed E-state index contributed by atoms with van der Waals surface area (Å²) < 4.78 is 63.6. The molecular weight excluding hydrogens is 1920 g/mol. The normalized spacial score (nSPS) is 13.0. The minimum Gasteiger partial charge on any atom is -0.491 e. The zero-order valence-corrected chi connectivity index (χ0v) is 89.8. The van der Waals surface area contributed by atoms with Crippen LogP contribution in [0.1, 0.15) is 275 Å². The molecule has 13 heterocycles. The Morgan fingerprint density at radius 3 is 1.00 bits per heavy atom. The molecule has 25 heteroatoms. The Morgan fingerprint density at radius 2 is 0.643 bits per heavy atom. The fourth-order valence-corrected chi connectivity index (χ4v) is 31.5. The first-order chi connectivity index (χ1) is 61.5. The first kappa shape index (κ1) is 98.3. The Bertz CT molecular complexity index is 5580. The van der Waals surface area contributed by atoms with Gasteiger partial charge in [-0.05, 0) is 128 Å². The molecule has 0 aliphatic rings. The third kappa shape index (κ3) is 24.6. The molecule has 676 valence electrons. The first-order valence-electron chi connectivity index (χ1n) is 47.3. The smallest absolute Gasteiger partial charge is 0.146 e. The molecule has 15 aromatic rings. The van der Waals surface area contributed by atoms with Gasteiger partial charge in [-0.3, -0.25) is 15.0 Å². The van der Waals surface area contributed by atoms with Crippen LogP contribution in [0, 0.1) is 30.6 Å². The summed E-state index contributed by atoms with van der Waals surface area (Å²) >= 11 is 17.9. The summed E-state index contributed by atoms with van der Waals surface area (Å²) in [6.45, 7) is 30.3. The van der Waals surface area contributed by atoms with Crippen molar-refractivity contribution in [2.75, 3.05) is 26.4 Å². The maximum Gasteiger partial charge on any atom is 0.146 e. The number of benzene rings is 2. The third-order valence-electron chi connectivity index (χ3n) is 24.5. The van der Waals surface area contributed by atoms with E-state index in [1.807, 2.05) is 75.3 Å². The number of unbranched alkanes of at least 4 members (excludes halogenated alkanes) is 13. The van der Waals surface area contributed by atoms with Gasteiger partial charge in [0.15, 0.2) is 0 Å². The van der Waals surface area contributed by atoms with Crippen LogP contribution in [-0.2, 0) is 19.3 Å². The molecule has 0 spiro atoms. The molecule has 0 saturated carbocycles. The number of halogens is 1. The van der Waals surface area contributed by atoms with Crippen molar-refractivity contribution >= 4 is 225 Å². The predicted octanol–water partition coefficient (Wildman–Crippen LogP) is 35.0. The van der Waals surface area contributed by atoms with Crippen molar-refractivity contribution in [3.8, 4) is 75.6 Å². The molecule has 0 fully saturated rings. The van der Waals surface area contributed by atoms with Crippen LogP contribution in [0.3, 0.4) is 0 Å². The van der Waals surface area contributed by atoms with Gasteiger partial charge in [0.05, 0.1) is 76.9 Å². The minimum absolute atomic E-state index is 0.459. The maximum absolute atomic E-state index is 7.20. The van der Waals surface area contributed by atoms with Crippen LogP contribution < -0.4 is 21.8 Å². The summed E-state index contributed by atoms with van der Waals surface area (Å²) in [5, 5.41) is 4.71. The fourth-order valence-electron chi connectivity index (χ4n) is 16.4. The van der Waals surface area contributed by atoms with Crippen molar-refractivity contribution in [3.63, 3.8) is 0 Å². The van der Waals surface area contributed by atoms with Crippen molar-refractivity contribution < 1.29 is 18.9 Å². The number of pyridine rings is 3. The van der Waals surface area contributed by atoms with Crippen LogP contribution in [0.25, 0.3) is 126 Å². The monoisotopic (exact) mass is 2050 g/mol. The number of aryl methyl sites for hydroxylation is 4. The van der Waals surface area contributed by atoms with Crippen LogP contribution >= 0.6 is 130 Å². The van der Waals surface area contributed by atoms with Gasteiger partial charge in [-0.25, -0.2) is 0 Å². The van der Waals surface area contributed by atoms with Gasteiger partial charge in [0.2, 0.25) is 0 Å². The number of hydrogen-bond acceptors (Lipinski definition) is 23. The summed E-state index contributed by atoms with van der Waals surface area (Å²) in [6, 6.07) is 22.8. The number of ether oxygens (including phenoxy) is 4. The Kier molecular flexibility index (Phi) is 38.2. The molecule has 13 aromatic heterocycles. The van der Waals surface area contributed by atoms with E-state index in [0.29, 0.717) is 36.9 Å². The average Bonchev–Trinajstić information content (AvgIpc) is 1.57. The van der Waals surface area contributed by atoms with E-state index in [-0.39, 0.29) is 0 Å². The van der Waals surface area contributed by atoms with E-state index in [2.05, 4.69) is 188 Å². The molecule has 0 radical (unpaired) electrons. The van der Waals surface area contributed by atoms with Crippen LogP contribution in [0.4, 0.5) is 0 Å². The van der Waals surface area contributed by atoms with E-state index >= 15 is 0 Å². The summed E-state index contributed by atoms with van der Waals surface area (Å²) in [7, 11) is 0. The van der Waals surface area contributed by atoms with E-state index in [0.717, 1.165) is 180 Å². The van der Waals surface area contributed by atoms with E-state index in [1.54, 1.807) is 25.6 Å². The minimum atomic E-state index is -2.25. The molecular formula is C101H132BrN9O4S10Sn. The van der Waals surface area contributed by atoms with Crippen LogP contribution in [-0.4, -0.2) is 86.0 Å². The van der Waals surface area contributed by atoms with E-state index in [4.69, 9.17) is 46.4 Å².